The van der Waals surface area contributed by atoms with E-state index in [4.69, 9.17) is 22.1 Å². The Bertz CT molecular complexity index is 628. The normalized spacial score (nSPS) is 28.0. The summed E-state index contributed by atoms with van der Waals surface area (Å²) in [6, 6.07) is 0. The number of imidazole rings is 1. The molecular formula is C10H11FN4O2S. The van der Waals surface area contributed by atoms with Crippen molar-refractivity contribution in [1.29, 1.82) is 0 Å². The predicted octanol–water partition coefficient (Wildman–Crippen LogP) is 1.11. The van der Waals surface area contributed by atoms with Gasteiger partial charge in [0.25, 0.3) is 0 Å². The van der Waals surface area contributed by atoms with Gasteiger partial charge in [-0.2, -0.15) is 0 Å². The first-order valence-electron chi connectivity index (χ1n) is 5.51. The van der Waals surface area contributed by atoms with E-state index in [1.165, 1.54) is 12.7 Å². The Morgan fingerprint density at radius 2 is 2.44 bits per heavy atom. The fourth-order valence-electron chi connectivity index (χ4n) is 2.13. The third-order valence-electron chi connectivity index (χ3n) is 2.99. The third kappa shape index (κ3) is 1.73. The molecule has 18 heavy (non-hydrogen) atoms. The van der Waals surface area contributed by atoms with Gasteiger partial charge in [0, 0.05) is 6.42 Å². The third-order valence-corrected chi connectivity index (χ3v) is 3.29. The van der Waals surface area contributed by atoms with Gasteiger partial charge in [0.1, 0.15) is 17.3 Å². The highest BCUT2D eigenvalue weighted by atomic mass is 32.1. The summed E-state index contributed by atoms with van der Waals surface area (Å²) in [5.74, 6) is 0. The molecule has 1 aliphatic rings. The quantitative estimate of drug-likeness (QED) is 0.799. The van der Waals surface area contributed by atoms with Crippen LogP contribution in [0.5, 0.6) is 0 Å². The number of aromatic amines is 1. The monoisotopic (exact) mass is 270 g/mol. The highest BCUT2D eigenvalue weighted by Crippen LogP contribution is 2.32. The molecule has 2 N–H and O–H groups in total. The number of alkyl halides is 1. The van der Waals surface area contributed by atoms with Gasteiger partial charge in [-0.3, -0.25) is 4.57 Å². The molecule has 3 rings (SSSR count). The summed E-state index contributed by atoms with van der Waals surface area (Å²) >= 11 is 5.04. The average molecular weight is 270 g/mol. The van der Waals surface area contributed by atoms with E-state index in [0.717, 1.165) is 0 Å². The molecule has 0 unspecified atom stereocenters. The fraction of sp³-hybridized carbons (Fsp3) is 0.500. The molecule has 0 spiro atoms. The smallest absolute Gasteiger partial charge is 0.168 e. The number of hydrogen-bond acceptors (Lipinski definition) is 5. The number of aromatic nitrogens is 4. The highest BCUT2D eigenvalue weighted by molar-refractivity contribution is 7.71. The van der Waals surface area contributed by atoms with E-state index in [9.17, 15) is 4.39 Å². The lowest BCUT2D eigenvalue weighted by Gasteiger charge is -2.15. The molecule has 3 heterocycles. The first-order valence-corrected chi connectivity index (χ1v) is 5.92. The fourth-order valence-corrected chi connectivity index (χ4v) is 2.33. The van der Waals surface area contributed by atoms with Crippen LogP contribution >= 0.6 is 12.2 Å². The van der Waals surface area contributed by atoms with Crippen LogP contribution in [-0.2, 0) is 4.74 Å². The van der Waals surface area contributed by atoms with E-state index in [0.29, 0.717) is 15.8 Å². The molecule has 0 radical (unpaired) electrons. The first-order chi connectivity index (χ1) is 8.70. The number of nitrogens with zero attached hydrogens (tertiary/aromatic N) is 3. The number of aliphatic hydroxyl groups is 1. The minimum Gasteiger partial charge on any atom is -0.394 e. The van der Waals surface area contributed by atoms with Crippen molar-refractivity contribution >= 4 is 23.4 Å². The van der Waals surface area contributed by atoms with Crippen molar-refractivity contribution in [2.24, 2.45) is 0 Å². The first kappa shape index (κ1) is 11.7. The Labute approximate surface area is 106 Å². The van der Waals surface area contributed by atoms with Gasteiger partial charge in [0.15, 0.2) is 10.9 Å². The molecule has 1 fully saturated rings. The average Bonchev–Trinajstić information content (AvgIpc) is 2.93. The number of hydrogen-bond donors (Lipinski definition) is 2. The van der Waals surface area contributed by atoms with Crippen molar-refractivity contribution < 1.29 is 14.2 Å². The van der Waals surface area contributed by atoms with Crippen molar-refractivity contribution in [2.45, 2.75) is 24.9 Å². The number of ether oxygens (including phenoxy) is 1. The van der Waals surface area contributed by atoms with Gasteiger partial charge in [-0.1, -0.05) is 12.2 Å². The van der Waals surface area contributed by atoms with Crippen LogP contribution in [0.15, 0.2) is 12.7 Å². The Hall–Kier alpha value is -1.38. The van der Waals surface area contributed by atoms with Crippen molar-refractivity contribution in [1.82, 2.24) is 19.5 Å². The van der Waals surface area contributed by atoms with Crippen molar-refractivity contribution in [3.05, 3.63) is 17.3 Å². The van der Waals surface area contributed by atoms with Gasteiger partial charge in [-0.25, -0.2) is 14.4 Å². The van der Waals surface area contributed by atoms with E-state index in [1.807, 2.05) is 0 Å². The standard InChI is InChI=1S/C10H11FN4O2S/c11-6-1-5(2-16)17-10(6)15-4-14-7-8(15)12-3-13-9(7)18/h3-6,10,16H,1-2H2,(H,12,13,18)/t5-,6-,10+/m0/s1. The lowest BCUT2D eigenvalue weighted by atomic mass is 10.2. The zero-order valence-electron chi connectivity index (χ0n) is 9.28. The maximum Gasteiger partial charge on any atom is 0.168 e. The second-order valence-corrected chi connectivity index (χ2v) is 4.53. The van der Waals surface area contributed by atoms with E-state index < -0.39 is 18.5 Å². The summed E-state index contributed by atoms with van der Waals surface area (Å²) in [4.78, 5) is 10.9. The van der Waals surface area contributed by atoms with Gasteiger partial charge < -0.3 is 14.8 Å². The molecular weight excluding hydrogens is 259 g/mol. The summed E-state index contributed by atoms with van der Waals surface area (Å²) in [6.45, 7) is -0.193. The van der Waals surface area contributed by atoms with E-state index in [1.54, 1.807) is 4.57 Å². The number of fused-ring (bicyclic) bond motifs is 1. The number of nitrogens with one attached hydrogen (secondary N) is 1. The van der Waals surface area contributed by atoms with E-state index >= 15 is 0 Å². The molecule has 2 aromatic rings. The highest BCUT2D eigenvalue weighted by Gasteiger charge is 2.37. The molecule has 0 bridgehead atoms. The van der Waals surface area contributed by atoms with Crippen molar-refractivity contribution in [3.8, 4) is 0 Å². The van der Waals surface area contributed by atoms with Crippen LogP contribution in [0.1, 0.15) is 12.6 Å². The van der Waals surface area contributed by atoms with Crippen molar-refractivity contribution in [3.63, 3.8) is 0 Å². The molecule has 1 aliphatic heterocycles. The largest absolute Gasteiger partial charge is 0.394 e. The molecule has 2 aromatic heterocycles. The van der Waals surface area contributed by atoms with Gasteiger partial charge in [-0.05, 0) is 0 Å². The Balaban J connectivity index is 2.05. The molecule has 96 valence electrons. The molecule has 3 atom stereocenters. The molecule has 6 nitrogen and oxygen atoms in total. The summed E-state index contributed by atoms with van der Waals surface area (Å²) in [6.07, 6.45) is 0.624. The van der Waals surface area contributed by atoms with Gasteiger partial charge >= 0.3 is 0 Å². The summed E-state index contributed by atoms with van der Waals surface area (Å²) in [5.41, 5.74) is 1.08. The Morgan fingerprint density at radius 3 is 3.17 bits per heavy atom. The maximum absolute atomic E-state index is 13.9. The lowest BCUT2D eigenvalue weighted by Crippen LogP contribution is -2.16. The zero-order chi connectivity index (χ0) is 12.7. The summed E-state index contributed by atoms with van der Waals surface area (Å²) < 4.78 is 21.2. The van der Waals surface area contributed by atoms with Crippen LogP contribution in [0.2, 0.25) is 0 Å². The predicted molar refractivity (Wildman–Crippen MR) is 63.2 cm³/mol. The molecule has 0 aliphatic carbocycles. The molecule has 0 saturated carbocycles. The summed E-state index contributed by atoms with van der Waals surface area (Å²) in [7, 11) is 0. The maximum atomic E-state index is 13.9. The van der Waals surface area contributed by atoms with Crippen LogP contribution in [-0.4, -0.2) is 43.5 Å². The number of H-pyrrole nitrogens is 1. The van der Waals surface area contributed by atoms with Gasteiger partial charge in [0.2, 0.25) is 0 Å². The minimum absolute atomic E-state index is 0.173. The van der Waals surface area contributed by atoms with E-state index in [-0.39, 0.29) is 13.0 Å². The SMILES string of the molecule is OC[C@@H]1C[C@H](F)[C@H](n2cnc3c(=S)nc[nH]c32)O1. The topological polar surface area (TPSA) is 76.0 Å². The lowest BCUT2D eigenvalue weighted by molar-refractivity contribution is -0.0351. The minimum atomic E-state index is -1.19. The van der Waals surface area contributed by atoms with Gasteiger partial charge in [0.05, 0.1) is 25.4 Å². The number of aliphatic hydroxyl groups excluding tert-OH is 1. The zero-order valence-corrected chi connectivity index (χ0v) is 10.1. The molecule has 1 saturated heterocycles. The van der Waals surface area contributed by atoms with Crippen molar-refractivity contribution in [2.75, 3.05) is 6.61 Å². The number of halogens is 1. The van der Waals surface area contributed by atoms with Crippen LogP contribution in [0.25, 0.3) is 11.2 Å². The molecule has 0 aromatic carbocycles. The van der Waals surface area contributed by atoms with Crippen LogP contribution in [0.4, 0.5) is 4.39 Å². The van der Waals surface area contributed by atoms with Crippen LogP contribution in [0.3, 0.4) is 0 Å². The van der Waals surface area contributed by atoms with E-state index in [2.05, 4.69) is 15.0 Å². The number of rotatable bonds is 2. The van der Waals surface area contributed by atoms with Crippen LogP contribution < -0.4 is 0 Å². The van der Waals surface area contributed by atoms with Crippen LogP contribution in [0, 0.1) is 4.64 Å². The Kier molecular flexibility index (Phi) is 2.84. The molecule has 0 amide bonds. The second-order valence-electron chi connectivity index (χ2n) is 4.14. The van der Waals surface area contributed by atoms with Gasteiger partial charge in [-0.15, -0.1) is 0 Å². The Morgan fingerprint density at radius 1 is 1.61 bits per heavy atom. The summed E-state index contributed by atoms with van der Waals surface area (Å²) in [5, 5.41) is 9.01. The molecule has 8 heteroatoms. The second kappa shape index (κ2) is 4.38.